The van der Waals surface area contributed by atoms with Crippen molar-refractivity contribution in [1.82, 2.24) is 5.32 Å². The fraction of sp³-hybridized carbons (Fsp3) is 0.400. The van der Waals surface area contributed by atoms with Crippen molar-refractivity contribution in [3.63, 3.8) is 0 Å². The van der Waals surface area contributed by atoms with Crippen LogP contribution in [-0.2, 0) is 12.8 Å². The van der Waals surface area contributed by atoms with Crippen molar-refractivity contribution >= 4 is 0 Å². The molecule has 0 spiro atoms. The molecule has 0 saturated carbocycles. The molecular weight excluding hydrogens is 254 g/mol. The van der Waals surface area contributed by atoms with Crippen LogP contribution >= 0.6 is 0 Å². The van der Waals surface area contributed by atoms with Crippen LogP contribution in [0.25, 0.3) is 0 Å². The van der Waals surface area contributed by atoms with Crippen molar-refractivity contribution in [3.05, 3.63) is 70.8 Å². The Balaban J connectivity index is 1.69. The lowest BCUT2D eigenvalue weighted by Gasteiger charge is -2.14. The van der Waals surface area contributed by atoms with Crippen molar-refractivity contribution in [2.24, 2.45) is 0 Å². The summed E-state index contributed by atoms with van der Waals surface area (Å²) in [4.78, 5) is 0. The molecule has 0 aliphatic carbocycles. The monoisotopic (exact) mass is 281 g/mol. The lowest BCUT2D eigenvalue weighted by atomic mass is 10.0. The minimum absolute atomic E-state index is 0.565. The first kappa shape index (κ1) is 15.8. The van der Waals surface area contributed by atoms with Crippen molar-refractivity contribution in [2.75, 3.05) is 6.54 Å². The van der Waals surface area contributed by atoms with Gasteiger partial charge in [-0.2, -0.15) is 0 Å². The molecule has 0 aliphatic rings. The van der Waals surface area contributed by atoms with Crippen LogP contribution in [0.4, 0.5) is 0 Å². The van der Waals surface area contributed by atoms with Gasteiger partial charge in [0.15, 0.2) is 0 Å². The summed E-state index contributed by atoms with van der Waals surface area (Å²) in [6.45, 7) is 7.65. The highest BCUT2D eigenvalue weighted by molar-refractivity contribution is 5.23. The van der Waals surface area contributed by atoms with Crippen LogP contribution in [0.5, 0.6) is 0 Å². The number of aryl methyl sites for hydroxylation is 3. The van der Waals surface area contributed by atoms with E-state index in [0.717, 1.165) is 19.4 Å². The van der Waals surface area contributed by atoms with Gasteiger partial charge in [-0.25, -0.2) is 0 Å². The molecule has 1 N–H and O–H groups in total. The van der Waals surface area contributed by atoms with E-state index in [1.807, 2.05) is 0 Å². The Bertz CT molecular complexity index is 559. The van der Waals surface area contributed by atoms with Crippen LogP contribution in [0.3, 0.4) is 0 Å². The SMILES string of the molecule is Cc1cccc(CCNC(C)CCc2cccc(C)c2)c1. The zero-order valence-electron chi connectivity index (χ0n) is 13.5. The Morgan fingerprint density at radius 2 is 1.43 bits per heavy atom. The Hall–Kier alpha value is -1.60. The van der Waals surface area contributed by atoms with Gasteiger partial charge in [0.05, 0.1) is 0 Å². The van der Waals surface area contributed by atoms with Gasteiger partial charge in [-0.3, -0.25) is 0 Å². The summed E-state index contributed by atoms with van der Waals surface area (Å²) in [6, 6.07) is 18.2. The van der Waals surface area contributed by atoms with E-state index in [1.165, 1.54) is 28.7 Å². The molecule has 112 valence electrons. The lowest BCUT2D eigenvalue weighted by molar-refractivity contribution is 0.517. The van der Waals surface area contributed by atoms with Crippen molar-refractivity contribution in [2.45, 2.75) is 46.1 Å². The molecule has 0 aliphatic heterocycles. The zero-order chi connectivity index (χ0) is 15.1. The van der Waals surface area contributed by atoms with Crippen molar-refractivity contribution in [1.29, 1.82) is 0 Å². The average Bonchev–Trinajstić information content (AvgIpc) is 2.45. The molecule has 0 bridgehead atoms. The summed E-state index contributed by atoms with van der Waals surface area (Å²) in [5.74, 6) is 0. The van der Waals surface area contributed by atoms with E-state index in [0.29, 0.717) is 6.04 Å². The maximum atomic E-state index is 3.64. The highest BCUT2D eigenvalue weighted by Gasteiger charge is 2.02. The second-order valence-corrected chi connectivity index (χ2v) is 6.12. The molecule has 2 aromatic carbocycles. The fourth-order valence-corrected chi connectivity index (χ4v) is 2.68. The maximum absolute atomic E-state index is 3.64. The lowest BCUT2D eigenvalue weighted by Crippen LogP contribution is -2.28. The molecule has 0 heterocycles. The van der Waals surface area contributed by atoms with E-state index in [9.17, 15) is 0 Å². The van der Waals surface area contributed by atoms with Gasteiger partial charge in [-0.05, 0) is 57.7 Å². The molecule has 1 unspecified atom stereocenters. The maximum Gasteiger partial charge on any atom is 0.00420 e. The van der Waals surface area contributed by atoms with Gasteiger partial charge in [-0.15, -0.1) is 0 Å². The van der Waals surface area contributed by atoms with Crippen molar-refractivity contribution < 1.29 is 0 Å². The zero-order valence-corrected chi connectivity index (χ0v) is 13.5. The van der Waals surface area contributed by atoms with Crippen LogP contribution < -0.4 is 5.32 Å². The summed E-state index contributed by atoms with van der Waals surface area (Å²) >= 11 is 0. The molecular formula is C20H27N. The molecule has 1 atom stereocenters. The molecule has 0 radical (unpaired) electrons. The summed E-state index contributed by atoms with van der Waals surface area (Å²) in [6.07, 6.45) is 3.45. The number of rotatable bonds is 7. The highest BCUT2D eigenvalue weighted by Crippen LogP contribution is 2.08. The topological polar surface area (TPSA) is 12.0 Å². The van der Waals surface area contributed by atoms with Crippen LogP contribution in [0.15, 0.2) is 48.5 Å². The molecule has 1 heteroatoms. The fourth-order valence-electron chi connectivity index (χ4n) is 2.68. The van der Waals surface area contributed by atoms with Gasteiger partial charge in [0.2, 0.25) is 0 Å². The predicted octanol–water partition coefficient (Wildman–Crippen LogP) is 4.46. The van der Waals surface area contributed by atoms with Gasteiger partial charge in [-0.1, -0.05) is 59.7 Å². The van der Waals surface area contributed by atoms with E-state index in [2.05, 4.69) is 74.6 Å². The van der Waals surface area contributed by atoms with Gasteiger partial charge in [0, 0.05) is 6.04 Å². The normalized spacial score (nSPS) is 12.3. The Morgan fingerprint density at radius 1 is 0.857 bits per heavy atom. The minimum Gasteiger partial charge on any atom is -0.314 e. The first-order chi connectivity index (χ1) is 10.1. The van der Waals surface area contributed by atoms with E-state index >= 15 is 0 Å². The van der Waals surface area contributed by atoms with E-state index in [1.54, 1.807) is 0 Å². The van der Waals surface area contributed by atoms with E-state index in [4.69, 9.17) is 0 Å². The van der Waals surface area contributed by atoms with Crippen molar-refractivity contribution in [3.8, 4) is 0 Å². The second kappa shape index (κ2) is 7.99. The molecule has 0 aromatic heterocycles. The highest BCUT2D eigenvalue weighted by atomic mass is 14.9. The number of benzene rings is 2. The number of hydrogen-bond donors (Lipinski definition) is 1. The number of hydrogen-bond acceptors (Lipinski definition) is 1. The summed E-state index contributed by atoms with van der Waals surface area (Å²) in [5.41, 5.74) is 5.57. The van der Waals surface area contributed by atoms with Crippen LogP contribution in [0.1, 0.15) is 35.6 Å². The Morgan fingerprint density at radius 3 is 2.00 bits per heavy atom. The molecule has 2 rings (SSSR count). The minimum atomic E-state index is 0.565. The van der Waals surface area contributed by atoms with E-state index < -0.39 is 0 Å². The number of nitrogens with one attached hydrogen (secondary N) is 1. The standard InChI is InChI=1S/C20H27N/c1-16-6-4-8-19(14-16)11-10-18(3)21-13-12-20-9-5-7-17(2)15-20/h4-9,14-15,18,21H,10-13H2,1-3H3. The van der Waals surface area contributed by atoms with Crippen LogP contribution in [0, 0.1) is 13.8 Å². The van der Waals surface area contributed by atoms with Crippen LogP contribution in [-0.4, -0.2) is 12.6 Å². The second-order valence-electron chi connectivity index (χ2n) is 6.12. The Kier molecular flexibility index (Phi) is 6.01. The first-order valence-electron chi connectivity index (χ1n) is 7.98. The third-order valence-electron chi connectivity index (χ3n) is 3.94. The molecule has 0 fully saturated rings. The van der Waals surface area contributed by atoms with Gasteiger partial charge >= 0.3 is 0 Å². The average molecular weight is 281 g/mol. The van der Waals surface area contributed by atoms with Gasteiger partial charge < -0.3 is 5.32 Å². The summed E-state index contributed by atoms with van der Waals surface area (Å²) in [5, 5.41) is 3.64. The van der Waals surface area contributed by atoms with Gasteiger partial charge in [0.1, 0.15) is 0 Å². The molecule has 0 saturated heterocycles. The first-order valence-corrected chi connectivity index (χ1v) is 7.98. The van der Waals surface area contributed by atoms with Gasteiger partial charge in [0.25, 0.3) is 0 Å². The summed E-state index contributed by atoms with van der Waals surface area (Å²) in [7, 11) is 0. The smallest absolute Gasteiger partial charge is 0.00420 e. The molecule has 0 amide bonds. The van der Waals surface area contributed by atoms with Crippen LogP contribution in [0.2, 0.25) is 0 Å². The molecule has 2 aromatic rings. The Labute approximate surface area is 129 Å². The van der Waals surface area contributed by atoms with E-state index in [-0.39, 0.29) is 0 Å². The largest absolute Gasteiger partial charge is 0.314 e. The third kappa shape index (κ3) is 5.73. The molecule has 21 heavy (non-hydrogen) atoms. The third-order valence-corrected chi connectivity index (χ3v) is 3.94. The summed E-state index contributed by atoms with van der Waals surface area (Å²) < 4.78 is 0. The quantitative estimate of drug-likeness (QED) is 0.790. The molecule has 1 nitrogen and oxygen atoms in total. The predicted molar refractivity (Wildman–Crippen MR) is 91.8 cm³/mol.